The molecule has 5 nitrogen and oxygen atoms in total. The van der Waals surface area contributed by atoms with Crippen molar-refractivity contribution in [1.82, 2.24) is 10.2 Å². The summed E-state index contributed by atoms with van der Waals surface area (Å²) in [5.74, 6) is 0.732. The number of amides is 2. The van der Waals surface area contributed by atoms with Crippen molar-refractivity contribution < 1.29 is 9.53 Å². The van der Waals surface area contributed by atoms with Crippen LogP contribution in [-0.4, -0.2) is 24.6 Å². The Labute approximate surface area is 107 Å². The number of ether oxygens (including phenoxy) is 1. The first-order valence-electron chi connectivity index (χ1n) is 4.97. The van der Waals surface area contributed by atoms with Crippen LogP contribution in [-0.2, 0) is 0 Å². The van der Waals surface area contributed by atoms with Gasteiger partial charge in [-0.3, -0.25) is 0 Å². The normalized spacial score (nSPS) is 18.8. The Morgan fingerprint density at radius 3 is 2.94 bits per heavy atom. The number of hydrogen-bond donors (Lipinski definition) is 1. The fraction of sp³-hybridized carbons (Fsp3) is 0.273. The van der Waals surface area contributed by atoms with E-state index in [1.165, 1.54) is 0 Å². The largest absolute Gasteiger partial charge is 0.496 e. The molecule has 88 valence electrons. The smallest absolute Gasteiger partial charge is 0.331 e. The lowest BCUT2D eigenvalue weighted by Crippen LogP contribution is -2.23. The molecule has 0 radical (unpaired) electrons. The van der Waals surface area contributed by atoms with Gasteiger partial charge < -0.3 is 10.1 Å². The SMILES string of the molecule is COc1ccc(C2CN(C#N)C(=O)N2)cc1Br. The molecule has 1 aliphatic rings. The summed E-state index contributed by atoms with van der Waals surface area (Å²) < 4.78 is 5.95. The number of nitrogens with zero attached hydrogens (tertiary/aromatic N) is 2. The molecule has 1 unspecified atom stereocenters. The van der Waals surface area contributed by atoms with E-state index in [9.17, 15) is 4.79 Å². The van der Waals surface area contributed by atoms with Crippen molar-refractivity contribution >= 4 is 22.0 Å². The Bertz CT molecular complexity index is 498. The predicted molar refractivity (Wildman–Crippen MR) is 64.3 cm³/mol. The number of halogens is 1. The lowest BCUT2D eigenvalue weighted by atomic mass is 10.1. The maximum atomic E-state index is 11.4. The Hall–Kier alpha value is -1.74. The molecule has 2 rings (SSSR count). The summed E-state index contributed by atoms with van der Waals surface area (Å²) in [6, 6.07) is 5.05. The second-order valence-electron chi connectivity index (χ2n) is 3.61. The fourth-order valence-electron chi connectivity index (χ4n) is 1.71. The van der Waals surface area contributed by atoms with Gasteiger partial charge >= 0.3 is 6.03 Å². The van der Waals surface area contributed by atoms with Gasteiger partial charge in [-0.15, -0.1) is 0 Å². The zero-order valence-corrected chi connectivity index (χ0v) is 10.7. The van der Waals surface area contributed by atoms with Crippen LogP contribution in [0.5, 0.6) is 5.75 Å². The fourth-order valence-corrected chi connectivity index (χ4v) is 2.27. The minimum Gasteiger partial charge on any atom is -0.496 e. The third-order valence-corrected chi connectivity index (χ3v) is 3.23. The molecular weight excluding hydrogens is 286 g/mol. The topological polar surface area (TPSA) is 65.4 Å². The lowest BCUT2D eigenvalue weighted by Gasteiger charge is -2.11. The first-order chi connectivity index (χ1) is 8.15. The third-order valence-electron chi connectivity index (χ3n) is 2.61. The van der Waals surface area contributed by atoms with E-state index in [2.05, 4.69) is 21.2 Å². The van der Waals surface area contributed by atoms with Crippen LogP contribution in [0.15, 0.2) is 22.7 Å². The van der Waals surface area contributed by atoms with Gasteiger partial charge in [0.25, 0.3) is 0 Å². The molecule has 17 heavy (non-hydrogen) atoms. The highest BCUT2D eigenvalue weighted by Crippen LogP contribution is 2.29. The number of carbonyl (C=O) groups is 1. The third kappa shape index (κ3) is 2.19. The maximum absolute atomic E-state index is 11.4. The average molecular weight is 296 g/mol. The molecule has 0 bridgehead atoms. The molecule has 0 saturated carbocycles. The van der Waals surface area contributed by atoms with Gasteiger partial charge in [0.15, 0.2) is 6.19 Å². The van der Waals surface area contributed by atoms with E-state index in [-0.39, 0.29) is 12.1 Å². The zero-order chi connectivity index (χ0) is 12.4. The molecule has 1 aromatic rings. The molecule has 0 aliphatic carbocycles. The van der Waals surface area contributed by atoms with Crippen LogP contribution in [0.3, 0.4) is 0 Å². The van der Waals surface area contributed by atoms with Crippen molar-refractivity contribution in [3.63, 3.8) is 0 Å². The Morgan fingerprint density at radius 2 is 2.41 bits per heavy atom. The summed E-state index contributed by atoms with van der Waals surface area (Å²) in [5, 5.41) is 11.5. The Morgan fingerprint density at radius 1 is 1.65 bits per heavy atom. The lowest BCUT2D eigenvalue weighted by molar-refractivity contribution is 0.232. The number of carbonyl (C=O) groups excluding carboxylic acids is 1. The van der Waals surface area contributed by atoms with Crippen LogP contribution in [0.25, 0.3) is 0 Å². The molecule has 0 spiro atoms. The average Bonchev–Trinajstić information content (AvgIpc) is 2.70. The molecule has 1 fully saturated rings. The summed E-state index contributed by atoms with van der Waals surface area (Å²) in [6.07, 6.45) is 1.84. The van der Waals surface area contributed by atoms with Crippen molar-refractivity contribution in [2.45, 2.75) is 6.04 Å². The number of rotatable bonds is 2. The maximum Gasteiger partial charge on any atom is 0.331 e. The number of urea groups is 1. The molecule has 1 aromatic carbocycles. The van der Waals surface area contributed by atoms with E-state index in [0.29, 0.717) is 6.54 Å². The van der Waals surface area contributed by atoms with Gasteiger partial charge in [-0.1, -0.05) is 6.07 Å². The minimum absolute atomic E-state index is 0.163. The van der Waals surface area contributed by atoms with Crippen LogP contribution < -0.4 is 10.1 Å². The van der Waals surface area contributed by atoms with Gasteiger partial charge in [-0.25, -0.2) is 9.69 Å². The van der Waals surface area contributed by atoms with Crippen molar-refractivity contribution in [2.75, 3.05) is 13.7 Å². The monoisotopic (exact) mass is 295 g/mol. The number of hydrogen-bond acceptors (Lipinski definition) is 3. The van der Waals surface area contributed by atoms with Gasteiger partial charge in [0.2, 0.25) is 0 Å². The molecule has 1 aliphatic heterocycles. The number of nitrogens with one attached hydrogen (secondary N) is 1. The number of methoxy groups -OCH3 is 1. The zero-order valence-electron chi connectivity index (χ0n) is 9.11. The van der Waals surface area contributed by atoms with E-state index in [0.717, 1.165) is 20.7 Å². The first kappa shape index (κ1) is 11.7. The van der Waals surface area contributed by atoms with Crippen molar-refractivity contribution in [3.05, 3.63) is 28.2 Å². The Kier molecular flexibility index (Phi) is 3.20. The van der Waals surface area contributed by atoms with Crippen LogP contribution in [0.2, 0.25) is 0 Å². The van der Waals surface area contributed by atoms with E-state index in [4.69, 9.17) is 10.00 Å². The molecule has 1 atom stereocenters. The highest BCUT2D eigenvalue weighted by atomic mass is 79.9. The summed E-state index contributed by atoms with van der Waals surface area (Å²) in [6.45, 7) is 0.355. The minimum atomic E-state index is -0.357. The molecular formula is C11H10BrN3O2. The molecule has 1 saturated heterocycles. The standard InChI is InChI=1S/C11H10BrN3O2/c1-17-10-3-2-7(4-8(10)12)9-5-15(6-13)11(16)14-9/h2-4,9H,5H2,1H3,(H,14,16). The van der Waals surface area contributed by atoms with E-state index in [1.807, 2.05) is 24.4 Å². The van der Waals surface area contributed by atoms with Gasteiger partial charge in [-0.2, -0.15) is 5.26 Å². The van der Waals surface area contributed by atoms with Crippen LogP contribution in [0.4, 0.5) is 4.79 Å². The van der Waals surface area contributed by atoms with Gasteiger partial charge in [-0.05, 0) is 33.6 Å². The quantitative estimate of drug-likeness (QED) is 0.849. The van der Waals surface area contributed by atoms with Crippen LogP contribution >= 0.6 is 15.9 Å². The van der Waals surface area contributed by atoms with Crippen molar-refractivity contribution in [3.8, 4) is 11.9 Å². The summed E-state index contributed by atoms with van der Waals surface area (Å²) >= 11 is 3.39. The summed E-state index contributed by atoms with van der Waals surface area (Å²) in [5.41, 5.74) is 0.934. The van der Waals surface area contributed by atoms with Crippen molar-refractivity contribution in [1.29, 1.82) is 5.26 Å². The summed E-state index contributed by atoms with van der Waals surface area (Å²) in [7, 11) is 1.59. The van der Waals surface area contributed by atoms with Crippen LogP contribution in [0, 0.1) is 11.5 Å². The van der Waals surface area contributed by atoms with Gasteiger partial charge in [0.05, 0.1) is 24.2 Å². The number of benzene rings is 1. The first-order valence-corrected chi connectivity index (χ1v) is 5.76. The molecule has 0 aromatic heterocycles. The van der Waals surface area contributed by atoms with E-state index < -0.39 is 0 Å². The predicted octanol–water partition coefficient (Wildman–Crippen LogP) is 2.01. The van der Waals surface area contributed by atoms with Crippen LogP contribution in [0.1, 0.15) is 11.6 Å². The molecule has 6 heteroatoms. The second kappa shape index (κ2) is 4.63. The second-order valence-corrected chi connectivity index (χ2v) is 4.46. The van der Waals surface area contributed by atoms with Gasteiger partial charge in [0.1, 0.15) is 5.75 Å². The number of nitriles is 1. The highest BCUT2D eigenvalue weighted by molar-refractivity contribution is 9.10. The molecule has 1 N–H and O–H groups in total. The summed E-state index contributed by atoms with van der Waals surface area (Å²) in [4.78, 5) is 12.5. The van der Waals surface area contributed by atoms with E-state index in [1.54, 1.807) is 7.11 Å². The van der Waals surface area contributed by atoms with E-state index >= 15 is 0 Å². The highest BCUT2D eigenvalue weighted by Gasteiger charge is 2.29. The van der Waals surface area contributed by atoms with Crippen molar-refractivity contribution in [2.24, 2.45) is 0 Å². The Balaban J connectivity index is 2.23. The van der Waals surface area contributed by atoms with Gasteiger partial charge in [0, 0.05) is 0 Å². The molecule has 1 heterocycles. The molecule has 2 amide bonds.